The molecule has 2 aromatic heterocycles. The number of hydrogen-bond donors (Lipinski definition) is 1. The summed E-state index contributed by atoms with van der Waals surface area (Å²) in [5.74, 6) is -0.164. The summed E-state index contributed by atoms with van der Waals surface area (Å²) >= 11 is 1.07. The van der Waals surface area contributed by atoms with Gasteiger partial charge >= 0.3 is 6.18 Å². The number of carbonyl (C=O) groups is 1. The van der Waals surface area contributed by atoms with Crippen LogP contribution < -0.4 is 5.32 Å². The van der Waals surface area contributed by atoms with Gasteiger partial charge in [-0.15, -0.1) is 0 Å². The Morgan fingerprint density at radius 2 is 2.00 bits per heavy atom. The van der Waals surface area contributed by atoms with Crippen LogP contribution in [0.25, 0.3) is 0 Å². The predicted octanol–water partition coefficient (Wildman–Crippen LogP) is 2.90. The summed E-state index contributed by atoms with van der Waals surface area (Å²) in [6.45, 7) is 0.306. The maximum atomic E-state index is 12.4. The Labute approximate surface area is 129 Å². The number of aromatic nitrogens is 2. The van der Waals surface area contributed by atoms with E-state index in [1.165, 1.54) is 6.07 Å². The first-order chi connectivity index (χ1) is 10.4. The lowest BCUT2D eigenvalue weighted by atomic mass is 10.3. The van der Waals surface area contributed by atoms with Crippen LogP contribution in [-0.4, -0.2) is 21.6 Å². The second-order valence-corrected chi connectivity index (χ2v) is 5.26. The fourth-order valence-corrected chi connectivity index (χ4v) is 2.19. The topological polar surface area (TPSA) is 54.9 Å². The van der Waals surface area contributed by atoms with Gasteiger partial charge in [-0.25, -0.2) is 4.98 Å². The van der Waals surface area contributed by atoms with E-state index in [2.05, 4.69) is 15.3 Å². The van der Waals surface area contributed by atoms with E-state index >= 15 is 0 Å². The van der Waals surface area contributed by atoms with Crippen LogP contribution in [-0.2, 0) is 17.5 Å². The zero-order chi connectivity index (χ0) is 16.0. The number of amides is 1. The van der Waals surface area contributed by atoms with Gasteiger partial charge in [0.15, 0.2) is 0 Å². The van der Waals surface area contributed by atoms with Crippen molar-refractivity contribution in [2.75, 3.05) is 5.75 Å². The van der Waals surface area contributed by atoms with Crippen LogP contribution in [0.2, 0.25) is 0 Å². The lowest BCUT2D eigenvalue weighted by Crippen LogP contribution is -2.25. The van der Waals surface area contributed by atoms with Gasteiger partial charge in [0.2, 0.25) is 5.91 Å². The second kappa shape index (κ2) is 7.26. The third kappa shape index (κ3) is 5.03. The zero-order valence-corrected chi connectivity index (χ0v) is 12.1. The molecular formula is C14H12F3N3OS. The first kappa shape index (κ1) is 16.3. The lowest BCUT2D eigenvalue weighted by molar-refractivity contribution is -0.137. The number of pyridine rings is 2. The maximum Gasteiger partial charge on any atom is 0.417 e. The summed E-state index contributed by atoms with van der Waals surface area (Å²) in [5.41, 5.74) is -0.0787. The molecule has 8 heteroatoms. The molecule has 1 amide bonds. The fraction of sp³-hybridized carbons (Fsp3) is 0.214. The lowest BCUT2D eigenvalue weighted by Gasteiger charge is -2.07. The molecule has 0 aliphatic rings. The van der Waals surface area contributed by atoms with Gasteiger partial charge in [0.1, 0.15) is 0 Å². The van der Waals surface area contributed by atoms with Crippen molar-refractivity contribution in [1.82, 2.24) is 15.3 Å². The molecule has 0 aromatic carbocycles. The number of rotatable bonds is 5. The highest BCUT2D eigenvalue weighted by atomic mass is 32.2. The van der Waals surface area contributed by atoms with Crippen LogP contribution in [0.4, 0.5) is 13.2 Å². The number of alkyl halides is 3. The molecule has 0 aliphatic carbocycles. The highest BCUT2D eigenvalue weighted by Crippen LogP contribution is 2.29. The number of halogens is 3. The van der Waals surface area contributed by atoms with E-state index in [0.717, 1.165) is 29.7 Å². The molecule has 2 aromatic rings. The Hall–Kier alpha value is -2.09. The molecule has 0 radical (unpaired) electrons. The quantitative estimate of drug-likeness (QED) is 0.858. The molecule has 0 spiro atoms. The van der Waals surface area contributed by atoms with Crippen LogP contribution in [0.15, 0.2) is 47.8 Å². The van der Waals surface area contributed by atoms with E-state index in [4.69, 9.17) is 0 Å². The minimum atomic E-state index is -4.41. The average molecular weight is 327 g/mol. The smallest absolute Gasteiger partial charge is 0.350 e. The summed E-state index contributed by atoms with van der Waals surface area (Å²) in [6.07, 6.45) is -2.02. The van der Waals surface area contributed by atoms with E-state index in [-0.39, 0.29) is 11.7 Å². The molecule has 2 heterocycles. The van der Waals surface area contributed by atoms with E-state index in [9.17, 15) is 18.0 Å². The van der Waals surface area contributed by atoms with Crippen LogP contribution >= 0.6 is 11.8 Å². The van der Waals surface area contributed by atoms with Crippen LogP contribution in [0.1, 0.15) is 11.3 Å². The van der Waals surface area contributed by atoms with Gasteiger partial charge in [-0.1, -0.05) is 17.8 Å². The minimum Gasteiger partial charge on any atom is -0.350 e. The Kier molecular flexibility index (Phi) is 5.37. The van der Waals surface area contributed by atoms with Crippen molar-refractivity contribution in [1.29, 1.82) is 0 Å². The van der Waals surface area contributed by atoms with Gasteiger partial charge in [-0.05, 0) is 24.3 Å². The predicted molar refractivity (Wildman–Crippen MR) is 76.0 cm³/mol. The molecule has 0 aliphatic heterocycles. The Bertz CT molecular complexity index is 617. The summed E-state index contributed by atoms with van der Waals surface area (Å²) in [4.78, 5) is 19.4. The molecule has 0 saturated heterocycles. The first-order valence-corrected chi connectivity index (χ1v) is 7.26. The number of nitrogens with zero attached hydrogens (tertiary/aromatic N) is 2. The Morgan fingerprint density at radius 1 is 1.18 bits per heavy atom. The van der Waals surface area contributed by atoms with Gasteiger partial charge in [0, 0.05) is 12.4 Å². The van der Waals surface area contributed by atoms with E-state index < -0.39 is 11.7 Å². The van der Waals surface area contributed by atoms with Crippen molar-refractivity contribution in [2.45, 2.75) is 17.7 Å². The third-order valence-corrected chi connectivity index (χ3v) is 3.55. The fourth-order valence-electron chi connectivity index (χ4n) is 1.52. The number of thioether (sulfide) groups is 1. The van der Waals surface area contributed by atoms with Gasteiger partial charge in [-0.2, -0.15) is 13.2 Å². The summed E-state index contributed by atoms with van der Waals surface area (Å²) in [7, 11) is 0. The standard InChI is InChI=1S/C14H12F3N3OS/c15-14(16,17)10-4-5-13(20-7-10)22-9-12(21)19-8-11-3-1-2-6-18-11/h1-7H,8-9H2,(H,19,21). The SMILES string of the molecule is O=C(CSc1ccc(C(F)(F)F)cn1)NCc1ccccn1. The van der Waals surface area contributed by atoms with Gasteiger partial charge < -0.3 is 5.32 Å². The Morgan fingerprint density at radius 3 is 2.59 bits per heavy atom. The van der Waals surface area contributed by atoms with Crippen LogP contribution in [0.3, 0.4) is 0 Å². The molecule has 1 N–H and O–H groups in total. The Balaban J connectivity index is 1.79. The molecule has 0 bridgehead atoms. The van der Waals surface area contributed by atoms with Gasteiger partial charge in [-0.3, -0.25) is 9.78 Å². The number of hydrogen-bond acceptors (Lipinski definition) is 4. The van der Waals surface area contributed by atoms with E-state index in [0.29, 0.717) is 11.6 Å². The van der Waals surface area contributed by atoms with Gasteiger partial charge in [0.25, 0.3) is 0 Å². The van der Waals surface area contributed by atoms with E-state index in [1.54, 1.807) is 18.3 Å². The van der Waals surface area contributed by atoms with E-state index in [1.807, 2.05) is 6.07 Å². The summed E-state index contributed by atoms with van der Waals surface area (Å²) in [6, 6.07) is 7.57. The molecule has 0 fully saturated rings. The largest absolute Gasteiger partial charge is 0.417 e. The van der Waals surface area contributed by atoms with Crippen molar-refractivity contribution in [3.8, 4) is 0 Å². The molecule has 4 nitrogen and oxygen atoms in total. The molecule has 0 unspecified atom stereocenters. The third-order valence-electron chi connectivity index (χ3n) is 2.61. The van der Waals surface area contributed by atoms with Crippen molar-refractivity contribution >= 4 is 17.7 Å². The zero-order valence-electron chi connectivity index (χ0n) is 11.3. The molecule has 0 atom stereocenters. The minimum absolute atomic E-state index is 0.0746. The van der Waals surface area contributed by atoms with Crippen LogP contribution in [0.5, 0.6) is 0 Å². The summed E-state index contributed by atoms with van der Waals surface area (Å²) in [5, 5.41) is 3.04. The average Bonchev–Trinajstić information content (AvgIpc) is 2.51. The number of carbonyl (C=O) groups excluding carboxylic acids is 1. The maximum absolute atomic E-state index is 12.4. The van der Waals surface area contributed by atoms with Crippen molar-refractivity contribution in [3.05, 3.63) is 54.0 Å². The molecule has 2 rings (SSSR count). The molecule has 0 saturated carbocycles. The molecule has 116 valence electrons. The van der Waals surface area contributed by atoms with Crippen LogP contribution in [0, 0.1) is 0 Å². The summed E-state index contributed by atoms with van der Waals surface area (Å²) < 4.78 is 37.1. The van der Waals surface area contributed by atoms with Crippen molar-refractivity contribution < 1.29 is 18.0 Å². The number of nitrogens with one attached hydrogen (secondary N) is 1. The highest BCUT2D eigenvalue weighted by Gasteiger charge is 2.30. The van der Waals surface area contributed by atoms with Crippen molar-refractivity contribution in [3.63, 3.8) is 0 Å². The van der Waals surface area contributed by atoms with Gasteiger partial charge in [0.05, 0.1) is 28.6 Å². The molecular weight excluding hydrogens is 315 g/mol. The van der Waals surface area contributed by atoms with Crippen molar-refractivity contribution in [2.24, 2.45) is 0 Å². The molecule has 22 heavy (non-hydrogen) atoms. The highest BCUT2D eigenvalue weighted by molar-refractivity contribution is 7.99. The monoisotopic (exact) mass is 327 g/mol. The second-order valence-electron chi connectivity index (χ2n) is 4.27. The first-order valence-electron chi connectivity index (χ1n) is 6.28. The normalized spacial score (nSPS) is 11.2.